The first-order chi connectivity index (χ1) is 10.7. The van der Waals surface area contributed by atoms with Crippen molar-refractivity contribution in [3.8, 4) is 0 Å². The molecule has 1 fully saturated rings. The molecular formula is C19H22N2O. The summed E-state index contributed by atoms with van der Waals surface area (Å²) in [6.45, 7) is 4.72. The molecule has 3 heteroatoms. The maximum atomic E-state index is 12.5. The summed E-state index contributed by atoms with van der Waals surface area (Å²) in [5.41, 5.74) is 4.18. The van der Waals surface area contributed by atoms with Gasteiger partial charge in [0.25, 0.3) is 5.91 Å². The quantitative estimate of drug-likeness (QED) is 0.935. The highest BCUT2D eigenvalue weighted by Crippen LogP contribution is 2.24. The van der Waals surface area contributed by atoms with Gasteiger partial charge in [-0.15, -0.1) is 0 Å². The van der Waals surface area contributed by atoms with Crippen LogP contribution in [0.3, 0.4) is 0 Å². The molecule has 0 saturated carbocycles. The number of carbonyl (C=O) groups is 1. The molecule has 1 amide bonds. The van der Waals surface area contributed by atoms with Crippen LogP contribution in [0.15, 0.2) is 48.5 Å². The van der Waals surface area contributed by atoms with E-state index in [-0.39, 0.29) is 5.91 Å². The van der Waals surface area contributed by atoms with Crippen LogP contribution < -0.4 is 10.2 Å². The van der Waals surface area contributed by atoms with Crippen molar-refractivity contribution in [3.63, 3.8) is 0 Å². The van der Waals surface area contributed by atoms with Crippen molar-refractivity contribution in [3.05, 3.63) is 65.2 Å². The van der Waals surface area contributed by atoms with E-state index in [1.54, 1.807) is 0 Å². The van der Waals surface area contributed by atoms with E-state index in [2.05, 4.69) is 29.3 Å². The summed E-state index contributed by atoms with van der Waals surface area (Å²) >= 11 is 0. The molecule has 1 aliphatic rings. The molecule has 0 radical (unpaired) electrons. The zero-order chi connectivity index (χ0) is 15.4. The highest BCUT2D eigenvalue weighted by molar-refractivity contribution is 5.99. The Morgan fingerprint density at radius 3 is 2.64 bits per heavy atom. The highest BCUT2D eigenvalue weighted by atomic mass is 16.1. The average Bonchev–Trinajstić information content (AvgIpc) is 3.07. The third kappa shape index (κ3) is 3.30. The number of anilines is 1. The molecule has 0 spiro atoms. The van der Waals surface area contributed by atoms with Gasteiger partial charge >= 0.3 is 0 Å². The summed E-state index contributed by atoms with van der Waals surface area (Å²) < 4.78 is 0. The summed E-state index contributed by atoms with van der Waals surface area (Å²) in [6, 6.07) is 16.1. The molecule has 1 N–H and O–H groups in total. The number of para-hydroxylation sites is 1. The highest BCUT2D eigenvalue weighted by Gasteiger charge is 2.18. The van der Waals surface area contributed by atoms with E-state index in [0.717, 1.165) is 29.9 Å². The van der Waals surface area contributed by atoms with Crippen LogP contribution in [0.2, 0.25) is 0 Å². The van der Waals surface area contributed by atoms with Crippen LogP contribution in [0, 0.1) is 6.92 Å². The topological polar surface area (TPSA) is 32.3 Å². The Labute approximate surface area is 132 Å². The Morgan fingerprint density at radius 1 is 1.09 bits per heavy atom. The molecular weight excluding hydrogens is 272 g/mol. The van der Waals surface area contributed by atoms with Gasteiger partial charge in [-0.05, 0) is 37.5 Å². The van der Waals surface area contributed by atoms with Gasteiger partial charge in [0, 0.05) is 25.3 Å². The number of nitrogens with zero attached hydrogens (tertiary/aromatic N) is 1. The van der Waals surface area contributed by atoms with E-state index >= 15 is 0 Å². The van der Waals surface area contributed by atoms with Gasteiger partial charge in [-0.2, -0.15) is 0 Å². The molecule has 0 bridgehead atoms. The van der Waals surface area contributed by atoms with Gasteiger partial charge < -0.3 is 10.2 Å². The molecule has 2 aromatic rings. The molecule has 0 aromatic heterocycles. The first kappa shape index (κ1) is 14.6. The molecule has 0 atom stereocenters. The average molecular weight is 294 g/mol. The predicted molar refractivity (Wildman–Crippen MR) is 90.2 cm³/mol. The van der Waals surface area contributed by atoms with Crippen LogP contribution >= 0.6 is 0 Å². The van der Waals surface area contributed by atoms with Crippen molar-refractivity contribution in [2.24, 2.45) is 0 Å². The van der Waals surface area contributed by atoms with E-state index in [1.807, 2.05) is 36.4 Å². The molecule has 3 nitrogen and oxygen atoms in total. The number of amides is 1. The maximum absolute atomic E-state index is 12.5. The van der Waals surface area contributed by atoms with Crippen molar-refractivity contribution >= 4 is 11.6 Å². The monoisotopic (exact) mass is 294 g/mol. The minimum atomic E-state index is 0.00371. The Hall–Kier alpha value is -2.29. The number of benzene rings is 2. The number of carbonyl (C=O) groups excluding carboxylic acids is 1. The summed E-state index contributed by atoms with van der Waals surface area (Å²) in [7, 11) is 0. The lowest BCUT2D eigenvalue weighted by atomic mass is 10.1. The lowest BCUT2D eigenvalue weighted by Crippen LogP contribution is -2.27. The van der Waals surface area contributed by atoms with E-state index < -0.39 is 0 Å². The fourth-order valence-electron chi connectivity index (χ4n) is 3.00. The van der Waals surface area contributed by atoms with E-state index in [9.17, 15) is 4.79 Å². The first-order valence-corrected chi connectivity index (χ1v) is 7.92. The smallest absolute Gasteiger partial charge is 0.253 e. The van der Waals surface area contributed by atoms with Gasteiger partial charge in [-0.25, -0.2) is 0 Å². The zero-order valence-corrected chi connectivity index (χ0v) is 13.0. The Balaban J connectivity index is 1.72. The maximum Gasteiger partial charge on any atom is 0.253 e. The van der Waals surface area contributed by atoms with E-state index in [1.165, 1.54) is 18.4 Å². The van der Waals surface area contributed by atoms with Crippen LogP contribution in [-0.4, -0.2) is 19.0 Å². The SMILES string of the molecule is Cc1cccc(CNC(=O)c2ccccc2N2CCCC2)c1. The van der Waals surface area contributed by atoms with Gasteiger partial charge in [0.15, 0.2) is 0 Å². The predicted octanol–water partition coefficient (Wildman–Crippen LogP) is 3.53. The Morgan fingerprint density at radius 2 is 1.86 bits per heavy atom. The van der Waals surface area contributed by atoms with Crippen LogP contribution in [0.1, 0.15) is 34.3 Å². The number of aryl methyl sites for hydroxylation is 1. The molecule has 114 valence electrons. The lowest BCUT2D eigenvalue weighted by Gasteiger charge is -2.20. The Bertz CT molecular complexity index is 660. The first-order valence-electron chi connectivity index (χ1n) is 7.92. The van der Waals surface area contributed by atoms with Crippen molar-refractivity contribution < 1.29 is 4.79 Å². The lowest BCUT2D eigenvalue weighted by molar-refractivity contribution is 0.0951. The van der Waals surface area contributed by atoms with Gasteiger partial charge in [-0.1, -0.05) is 42.0 Å². The van der Waals surface area contributed by atoms with Gasteiger partial charge in [0.1, 0.15) is 0 Å². The largest absolute Gasteiger partial charge is 0.371 e. The van der Waals surface area contributed by atoms with E-state index in [0.29, 0.717) is 6.54 Å². The van der Waals surface area contributed by atoms with E-state index in [4.69, 9.17) is 0 Å². The second-order valence-electron chi connectivity index (χ2n) is 5.88. The number of nitrogens with one attached hydrogen (secondary N) is 1. The molecule has 1 saturated heterocycles. The van der Waals surface area contributed by atoms with Crippen LogP contribution in [-0.2, 0) is 6.54 Å². The van der Waals surface area contributed by atoms with Crippen LogP contribution in [0.5, 0.6) is 0 Å². The van der Waals surface area contributed by atoms with Crippen molar-refractivity contribution in [1.82, 2.24) is 5.32 Å². The van der Waals surface area contributed by atoms with Crippen LogP contribution in [0.4, 0.5) is 5.69 Å². The fraction of sp³-hybridized carbons (Fsp3) is 0.316. The van der Waals surface area contributed by atoms with Crippen LogP contribution in [0.25, 0.3) is 0 Å². The minimum absolute atomic E-state index is 0.00371. The van der Waals surface area contributed by atoms with Gasteiger partial charge in [-0.3, -0.25) is 4.79 Å². The number of hydrogen-bond donors (Lipinski definition) is 1. The fourth-order valence-corrected chi connectivity index (χ4v) is 3.00. The molecule has 2 aromatic carbocycles. The molecule has 1 heterocycles. The summed E-state index contributed by atoms with van der Waals surface area (Å²) in [5, 5.41) is 3.04. The molecule has 3 rings (SSSR count). The summed E-state index contributed by atoms with van der Waals surface area (Å²) in [4.78, 5) is 14.8. The zero-order valence-electron chi connectivity index (χ0n) is 13.0. The molecule has 22 heavy (non-hydrogen) atoms. The summed E-state index contributed by atoms with van der Waals surface area (Å²) in [5.74, 6) is 0.00371. The third-order valence-electron chi connectivity index (χ3n) is 4.13. The molecule has 0 unspecified atom stereocenters. The third-order valence-corrected chi connectivity index (χ3v) is 4.13. The number of hydrogen-bond acceptors (Lipinski definition) is 2. The molecule has 1 aliphatic heterocycles. The second-order valence-corrected chi connectivity index (χ2v) is 5.88. The standard InChI is InChI=1S/C19H22N2O/c1-15-7-6-8-16(13-15)14-20-19(22)17-9-2-3-10-18(17)21-11-4-5-12-21/h2-3,6-10,13H,4-5,11-12,14H2,1H3,(H,20,22). The minimum Gasteiger partial charge on any atom is -0.371 e. The molecule has 0 aliphatic carbocycles. The summed E-state index contributed by atoms with van der Waals surface area (Å²) in [6.07, 6.45) is 2.42. The van der Waals surface area contributed by atoms with Crippen molar-refractivity contribution in [2.75, 3.05) is 18.0 Å². The van der Waals surface area contributed by atoms with Gasteiger partial charge in [0.05, 0.1) is 5.56 Å². The Kier molecular flexibility index (Phi) is 4.42. The normalized spacial score (nSPS) is 14.1. The van der Waals surface area contributed by atoms with Crippen molar-refractivity contribution in [1.29, 1.82) is 0 Å². The number of rotatable bonds is 4. The van der Waals surface area contributed by atoms with Crippen molar-refractivity contribution in [2.45, 2.75) is 26.3 Å². The van der Waals surface area contributed by atoms with Gasteiger partial charge in [0.2, 0.25) is 0 Å². The second kappa shape index (κ2) is 6.65.